The van der Waals surface area contributed by atoms with E-state index in [0.29, 0.717) is 29.5 Å². The molecule has 2 aliphatic carbocycles. The fourth-order valence-corrected chi connectivity index (χ4v) is 3.77. The smallest absolute Gasteiger partial charge is 0.254 e. The van der Waals surface area contributed by atoms with Gasteiger partial charge >= 0.3 is 0 Å². The van der Waals surface area contributed by atoms with Crippen molar-refractivity contribution in [3.63, 3.8) is 0 Å². The van der Waals surface area contributed by atoms with Crippen molar-refractivity contribution in [1.29, 1.82) is 0 Å². The SMILES string of the molecule is CCC1(Nc2nc(NC3CCC(OC)CC3)ncc2C(N)=O)CCC1. The van der Waals surface area contributed by atoms with Gasteiger partial charge in [-0.3, -0.25) is 4.79 Å². The van der Waals surface area contributed by atoms with Gasteiger partial charge in [-0.2, -0.15) is 4.98 Å². The Morgan fingerprint density at radius 2 is 2.08 bits per heavy atom. The highest BCUT2D eigenvalue weighted by molar-refractivity contribution is 5.97. The molecule has 0 spiro atoms. The number of methoxy groups -OCH3 is 1. The maximum atomic E-state index is 11.7. The summed E-state index contributed by atoms with van der Waals surface area (Å²) < 4.78 is 5.42. The largest absolute Gasteiger partial charge is 0.381 e. The minimum atomic E-state index is -0.500. The zero-order valence-corrected chi connectivity index (χ0v) is 15.2. The molecule has 2 saturated carbocycles. The standard InChI is InChI=1S/C18H29N5O2/c1-3-18(9-4-10-18)23-16-14(15(19)24)11-20-17(22-16)21-12-5-7-13(25-2)8-6-12/h11-13H,3-10H2,1-2H3,(H2,19,24)(H2,20,21,22,23). The normalized spacial score (nSPS) is 25.0. The molecule has 1 amide bonds. The average molecular weight is 347 g/mol. The number of hydrogen-bond donors (Lipinski definition) is 3. The van der Waals surface area contributed by atoms with Gasteiger partial charge in [0.15, 0.2) is 0 Å². The molecule has 0 saturated heterocycles. The van der Waals surface area contributed by atoms with Crippen LogP contribution in [0, 0.1) is 0 Å². The fourth-order valence-electron chi connectivity index (χ4n) is 3.77. The molecule has 1 aromatic rings. The Kier molecular flexibility index (Phi) is 5.42. The molecule has 7 heteroatoms. The third-order valence-corrected chi connectivity index (χ3v) is 5.77. The molecule has 25 heavy (non-hydrogen) atoms. The number of nitrogens with one attached hydrogen (secondary N) is 2. The number of primary amides is 1. The number of nitrogens with zero attached hydrogens (tertiary/aromatic N) is 2. The van der Waals surface area contributed by atoms with Gasteiger partial charge in [-0.1, -0.05) is 6.92 Å². The fraction of sp³-hybridized carbons (Fsp3) is 0.722. The van der Waals surface area contributed by atoms with Crippen molar-refractivity contribution >= 4 is 17.7 Å². The van der Waals surface area contributed by atoms with E-state index in [2.05, 4.69) is 27.5 Å². The van der Waals surface area contributed by atoms with E-state index in [1.807, 2.05) is 0 Å². The molecule has 0 radical (unpaired) electrons. The van der Waals surface area contributed by atoms with Crippen LogP contribution in [0.3, 0.4) is 0 Å². The molecule has 2 aliphatic rings. The summed E-state index contributed by atoms with van der Waals surface area (Å²) in [6, 6.07) is 0.336. The van der Waals surface area contributed by atoms with Gasteiger partial charge in [0, 0.05) is 24.9 Å². The van der Waals surface area contributed by atoms with Crippen LogP contribution in [0.15, 0.2) is 6.20 Å². The number of carbonyl (C=O) groups excluding carboxylic acids is 1. The summed E-state index contributed by atoms with van der Waals surface area (Å²) in [5.41, 5.74) is 5.90. The van der Waals surface area contributed by atoms with Crippen LogP contribution in [0.2, 0.25) is 0 Å². The van der Waals surface area contributed by atoms with Crippen LogP contribution in [0.1, 0.15) is 68.6 Å². The first-order chi connectivity index (χ1) is 12.0. The molecule has 0 aromatic carbocycles. The maximum absolute atomic E-state index is 11.7. The third kappa shape index (κ3) is 4.03. The zero-order valence-electron chi connectivity index (χ0n) is 15.2. The molecular formula is C18H29N5O2. The Labute approximate surface area is 149 Å². The lowest BCUT2D eigenvalue weighted by atomic mass is 9.75. The number of amides is 1. The molecule has 4 N–H and O–H groups in total. The topological polar surface area (TPSA) is 102 Å². The Morgan fingerprint density at radius 3 is 2.60 bits per heavy atom. The first-order valence-corrected chi connectivity index (χ1v) is 9.29. The van der Waals surface area contributed by atoms with E-state index in [9.17, 15) is 4.79 Å². The van der Waals surface area contributed by atoms with Gasteiger partial charge in [-0.05, 0) is 51.4 Å². The lowest BCUT2D eigenvalue weighted by Gasteiger charge is -2.42. The number of hydrogen-bond acceptors (Lipinski definition) is 6. The van der Waals surface area contributed by atoms with Crippen LogP contribution in [0.4, 0.5) is 11.8 Å². The molecule has 0 bridgehead atoms. The number of carbonyl (C=O) groups is 1. The molecule has 0 unspecified atom stereocenters. The van der Waals surface area contributed by atoms with Crippen molar-refractivity contribution in [3.8, 4) is 0 Å². The molecule has 3 rings (SSSR count). The number of ether oxygens (including phenoxy) is 1. The van der Waals surface area contributed by atoms with E-state index in [1.54, 1.807) is 7.11 Å². The molecule has 138 valence electrons. The summed E-state index contributed by atoms with van der Waals surface area (Å²) in [7, 11) is 1.77. The molecule has 0 aliphatic heterocycles. The van der Waals surface area contributed by atoms with Crippen LogP contribution < -0.4 is 16.4 Å². The predicted octanol–water partition coefficient (Wildman–Crippen LogP) is 2.69. The van der Waals surface area contributed by atoms with E-state index in [1.165, 1.54) is 12.6 Å². The van der Waals surface area contributed by atoms with E-state index in [-0.39, 0.29) is 5.54 Å². The van der Waals surface area contributed by atoms with Crippen molar-refractivity contribution in [2.75, 3.05) is 17.7 Å². The van der Waals surface area contributed by atoms with Crippen molar-refractivity contribution in [1.82, 2.24) is 9.97 Å². The van der Waals surface area contributed by atoms with Gasteiger partial charge in [0.2, 0.25) is 5.95 Å². The molecule has 7 nitrogen and oxygen atoms in total. The van der Waals surface area contributed by atoms with Crippen molar-refractivity contribution in [2.45, 2.75) is 76.0 Å². The van der Waals surface area contributed by atoms with Gasteiger partial charge < -0.3 is 21.1 Å². The molecule has 2 fully saturated rings. The number of rotatable bonds is 7. The highest BCUT2D eigenvalue weighted by atomic mass is 16.5. The molecule has 1 aromatic heterocycles. The zero-order chi connectivity index (χ0) is 17.9. The second-order valence-corrected chi connectivity index (χ2v) is 7.29. The van der Waals surface area contributed by atoms with Crippen molar-refractivity contribution < 1.29 is 9.53 Å². The van der Waals surface area contributed by atoms with Gasteiger partial charge in [0.25, 0.3) is 5.91 Å². The van der Waals surface area contributed by atoms with Crippen molar-refractivity contribution in [2.24, 2.45) is 5.73 Å². The Hall–Kier alpha value is -1.89. The van der Waals surface area contributed by atoms with Crippen LogP contribution in [-0.4, -0.2) is 40.7 Å². The number of nitrogens with two attached hydrogens (primary N) is 1. The van der Waals surface area contributed by atoms with Crippen LogP contribution in [0.25, 0.3) is 0 Å². The van der Waals surface area contributed by atoms with Crippen molar-refractivity contribution in [3.05, 3.63) is 11.8 Å². The highest BCUT2D eigenvalue weighted by Crippen LogP contribution is 2.38. The lowest BCUT2D eigenvalue weighted by Crippen LogP contribution is -2.45. The summed E-state index contributed by atoms with van der Waals surface area (Å²) in [4.78, 5) is 20.6. The predicted molar refractivity (Wildman–Crippen MR) is 97.7 cm³/mol. The Bertz CT molecular complexity index is 604. The lowest BCUT2D eigenvalue weighted by molar-refractivity contribution is 0.0681. The number of aromatic nitrogens is 2. The molecule has 0 atom stereocenters. The summed E-state index contributed by atoms with van der Waals surface area (Å²) in [5, 5.41) is 6.88. The van der Waals surface area contributed by atoms with E-state index < -0.39 is 5.91 Å². The summed E-state index contributed by atoms with van der Waals surface area (Å²) in [6.45, 7) is 2.16. The van der Waals surface area contributed by atoms with Crippen LogP contribution >= 0.6 is 0 Å². The summed E-state index contributed by atoms with van der Waals surface area (Å²) >= 11 is 0. The van der Waals surface area contributed by atoms with Gasteiger partial charge in [0.1, 0.15) is 5.82 Å². The van der Waals surface area contributed by atoms with Crippen LogP contribution in [-0.2, 0) is 4.74 Å². The van der Waals surface area contributed by atoms with Gasteiger partial charge in [-0.25, -0.2) is 4.98 Å². The van der Waals surface area contributed by atoms with E-state index >= 15 is 0 Å². The maximum Gasteiger partial charge on any atom is 0.254 e. The van der Waals surface area contributed by atoms with E-state index in [0.717, 1.165) is 44.9 Å². The van der Waals surface area contributed by atoms with Crippen LogP contribution in [0.5, 0.6) is 0 Å². The Morgan fingerprint density at radius 1 is 1.36 bits per heavy atom. The first kappa shape index (κ1) is 17.9. The summed E-state index contributed by atoms with van der Waals surface area (Å²) in [6.07, 6.45) is 10.4. The minimum Gasteiger partial charge on any atom is -0.381 e. The number of anilines is 2. The second-order valence-electron chi connectivity index (χ2n) is 7.29. The quantitative estimate of drug-likeness (QED) is 0.701. The highest BCUT2D eigenvalue weighted by Gasteiger charge is 2.36. The monoisotopic (exact) mass is 347 g/mol. The van der Waals surface area contributed by atoms with Gasteiger partial charge in [-0.15, -0.1) is 0 Å². The molecular weight excluding hydrogens is 318 g/mol. The molecule has 1 heterocycles. The second kappa shape index (κ2) is 7.56. The van der Waals surface area contributed by atoms with E-state index in [4.69, 9.17) is 10.5 Å². The first-order valence-electron chi connectivity index (χ1n) is 9.29. The van der Waals surface area contributed by atoms with Gasteiger partial charge in [0.05, 0.1) is 11.7 Å². The summed E-state index contributed by atoms with van der Waals surface area (Å²) in [5.74, 6) is 0.608. The average Bonchev–Trinajstić information content (AvgIpc) is 2.59. The minimum absolute atomic E-state index is 0.0341. The third-order valence-electron chi connectivity index (χ3n) is 5.77. The Balaban J connectivity index is 1.72.